The molecular formula is C14H10F2N2O. The van der Waals surface area contributed by atoms with Crippen LogP contribution in [0.25, 0.3) is 0 Å². The molecule has 0 saturated carbocycles. The lowest BCUT2D eigenvalue weighted by atomic mass is 10.1. The first-order valence-electron chi connectivity index (χ1n) is 5.50. The Balaban J connectivity index is 2.38. The molecule has 2 aromatic carbocycles. The molecule has 0 aliphatic heterocycles. The average Bonchev–Trinajstić information content (AvgIpc) is 2.43. The van der Waals surface area contributed by atoms with Crippen LogP contribution in [0.4, 0.5) is 8.78 Å². The van der Waals surface area contributed by atoms with Gasteiger partial charge in [0.1, 0.15) is 17.6 Å². The number of rotatable bonds is 3. The van der Waals surface area contributed by atoms with Gasteiger partial charge in [0.2, 0.25) is 0 Å². The van der Waals surface area contributed by atoms with Crippen LogP contribution in [0.5, 0.6) is 11.5 Å². The van der Waals surface area contributed by atoms with Crippen molar-refractivity contribution >= 4 is 0 Å². The van der Waals surface area contributed by atoms with E-state index < -0.39 is 11.6 Å². The van der Waals surface area contributed by atoms with Crippen LogP contribution in [0.1, 0.15) is 11.1 Å². The summed E-state index contributed by atoms with van der Waals surface area (Å²) in [6.45, 7) is 0.281. The van der Waals surface area contributed by atoms with E-state index >= 15 is 0 Å². The van der Waals surface area contributed by atoms with Gasteiger partial charge in [-0.2, -0.15) is 5.26 Å². The molecule has 0 spiro atoms. The van der Waals surface area contributed by atoms with Crippen LogP contribution in [0.3, 0.4) is 0 Å². The van der Waals surface area contributed by atoms with Crippen molar-refractivity contribution in [3.05, 3.63) is 59.2 Å². The minimum Gasteiger partial charge on any atom is -0.453 e. The third kappa shape index (κ3) is 2.87. The Kier molecular flexibility index (Phi) is 3.74. The fourth-order valence-electron chi connectivity index (χ4n) is 1.55. The zero-order chi connectivity index (χ0) is 13.8. The summed E-state index contributed by atoms with van der Waals surface area (Å²) in [6.07, 6.45) is 0. The quantitative estimate of drug-likeness (QED) is 0.922. The fourth-order valence-corrected chi connectivity index (χ4v) is 1.55. The molecule has 0 fully saturated rings. The summed E-state index contributed by atoms with van der Waals surface area (Å²) in [5, 5.41) is 9.00. The summed E-state index contributed by atoms with van der Waals surface area (Å²) in [7, 11) is 0. The van der Waals surface area contributed by atoms with Gasteiger partial charge in [-0.15, -0.1) is 0 Å². The molecule has 0 bridgehead atoms. The Hall–Kier alpha value is -2.45. The summed E-state index contributed by atoms with van der Waals surface area (Å²) < 4.78 is 31.7. The molecule has 2 N–H and O–H groups in total. The summed E-state index contributed by atoms with van der Waals surface area (Å²) in [6, 6.07) is 9.52. The molecule has 2 aromatic rings. The van der Waals surface area contributed by atoms with E-state index in [1.807, 2.05) is 6.07 Å². The van der Waals surface area contributed by atoms with Gasteiger partial charge in [-0.05, 0) is 29.8 Å². The normalized spacial score (nSPS) is 10.0. The van der Waals surface area contributed by atoms with Gasteiger partial charge in [0.15, 0.2) is 11.6 Å². The second-order valence-corrected chi connectivity index (χ2v) is 3.82. The minimum atomic E-state index is -0.701. The van der Waals surface area contributed by atoms with Gasteiger partial charge in [0.25, 0.3) is 0 Å². The van der Waals surface area contributed by atoms with Crippen molar-refractivity contribution in [1.82, 2.24) is 0 Å². The van der Waals surface area contributed by atoms with Crippen molar-refractivity contribution in [3.8, 4) is 17.6 Å². The molecule has 19 heavy (non-hydrogen) atoms. The van der Waals surface area contributed by atoms with Crippen LogP contribution in [0, 0.1) is 23.0 Å². The minimum absolute atomic E-state index is 0.157. The van der Waals surface area contributed by atoms with Crippen molar-refractivity contribution in [2.24, 2.45) is 5.73 Å². The molecule has 0 amide bonds. The van der Waals surface area contributed by atoms with E-state index in [-0.39, 0.29) is 23.6 Å². The lowest BCUT2D eigenvalue weighted by molar-refractivity contribution is 0.435. The Morgan fingerprint density at radius 2 is 1.89 bits per heavy atom. The molecule has 0 saturated heterocycles. The smallest absolute Gasteiger partial charge is 0.166 e. The predicted molar refractivity (Wildman–Crippen MR) is 65.5 cm³/mol. The summed E-state index contributed by atoms with van der Waals surface area (Å²) in [5.74, 6) is -1.43. The maximum atomic E-state index is 13.4. The van der Waals surface area contributed by atoms with E-state index in [0.717, 1.165) is 23.8 Å². The number of nitriles is 1. The maximum absolute atomic E-state index is 13.4. The highest BCUT2D eigenvalue weighted by atomic mass is 19.1. The number of halogens is 2. The first-order valence-corrected chi connectivity index (χ1v) is 5.50. The highest BCUT2D eigenvalue weighted by molar-refractivity contribution is 5.47. The standard InChI is InChI=1S/C14H10F2N2O/c15-11-2-3-12(16)14(6-11)19-13-4-1-9(7-17)5-10(13)8-18/h1-6H,7,17H2. The molecule has 0 atom stereocenters. The van der Waals surface area contributed by atoms with Crippen molar-refractivity contribution in [1.29, 1.82) is 5.26 Å². The summed E-state index contributed by atoms with van der Waals surface area (Å²) >= 11 is 0. The van der Waals surface area contributed by atoms with E-state index in [2.05, 4.69) is 0 Å². The van der Waals surface area contributed by atoms with Gasteiger partial charge < -0.3 is 10.5 Å². The Bertz CT molecular complexity index is 650. The number of nitrogens with zero attached hydrogens (tertiary/aromatic N) is 1. The van der Waals surface area contributed by atoms with Gasteiger partial charge in [0.05, 0.1) is 5.56 Å². The molecule has 5 heteroatoms. The summed E-state index contributed by atoms with van der Waals surface area (Å²) in [5.41, 5.74) is 6.43. The van der Waals surface area contributed by atoms with E-state index in [1.54, 1.807) is 12.1 Å². The Morgan fingerprint density at radius 1 is 1.11 bits per heavy atom. The Morgan fingerprint density at radius 3 is 2.58 bits per heavy atom. The van der Waals surface area contributed by atoms with Crippen LogP contribution in [-0.4, -0.2) is 0 Å². The Labute approximate surface area is 108 Å². The highest BCUT2D eigenvalue weighted by Gasteiger charge is 2.10. The van der Waals surface area contributed by atoms with E-state index in [0.29, 0.717) is 0 Å². The van der Waals surface area contributed by atoms with Crippen LogP contribution >= 0.6 is 0 Å². The van der Waals surface area contributed by atoms with Crippen molar-refractivity contribution in [2.75, 3.05) is 0 Å². The molecule has 0 aliphatic rings. The summed E-state index contributed by atoms with van der Waals surface area (Å²) in [4.78, 5) is 0. The lowest BCUT2D eigenvalue weighted by Gasteiger charge is -2.09. The monoisotopic (exact) mass is 260 g/mol. The second kappa shape index (κ2) is 5.46. The predicted octanol–water partition coefficient (Wildman–Crippen LogP) is 3.09. The largest absolute Gasteiger partial charge is 0.453 e. The van der Waals surface area contributed by atoms with E-state index in [9.17, 15) is 8.78 Å². The number of nitrogens with two attached hydrogens (primary N) is 1. The zero-order valence-electron chi connectivity index (χ0n) is 9.86. The highest BCUT2D eigenvalue weighted by Crippen LogP contribution is 2.28. The van der Waals surface area contributed by atoms with Crippen LogP contribution in [0.2, 0.25) is 0 Å². The molecule has 0 aliphatic carbocycles. The number of hydrogen-bond donors (Lipinski definition) is 1. The van der Waals surface area contributed by atoms with Gasteiger partial charge in [-0.25, -0.2) is 8.78 Å². The molecule has 0 unspecified atom stereocenters. The first kappa shape index (κ1) is 13.0. The molecule has 0 heterocycles. The van der Waals surface area contributed by atoms with Gasteiger partial charge in [-0.1, -0.05) is 6.07 Å². The van der Waals surface area contributed by atoms with Crippen LogP contribution < -0.4 is 10.5 Å². The van der Waals surface area contributed by atoms with Crippen molar-refractivity contribution in [3.63, 3.8) is 0 Å². The van der Waals surface area contributed by atoms with Crippen LogP contribution in [0.15, 0.2) is 36.4 Å². The van der Waals surface area contributed by atoms with Crippen LogP contribution in [-0.2, 0) is 6.54 Å². The third-order valence-electron chi connectivity index (χ3n) is 2.51. The van der Waals surface area contributed by atoms with Gasteiger partial charge in [0, 0.05) is 12.6 Å². The lowest BCUT2D eigenvalue weighted by Crippen LogP contribution is -1.98. The maximum Gasteiger partial charge on any atom is 0.166 e. The topological polar surface area (TPSA) is 59.0 Å². The number of hydrogen-bond acceptors (Lipinski definition) is 3. The van der Waals surface area contributed by atoms with Crippen molar-refractivity contribution in [2.45, 2.75) is 6.54 Å². The SMILES string of the molecule is N#Cc1cc(CN)ccc1Oc1cc(F)ccc1F. The molecular weight excluding hydrogens is 250 g/mol. The molecule has 96 valence electrons. The average molecular weight is 260 g/mol. The molecule has 2 rings (SSSR count). The van der Waals surface area contributed by atoms with E-state index in [4.69, 9.17) is 15.7 Å². The fraction of sp³-hybridized carbons (Fsp3) is 0.0714. The zero-order valence-corrected chi connectivity index (χ0v) is 9.86. The number of benzene rings is 2. The molecule has 0 aromatic heterocycles. The first-order chi connectivity index (χ1) is 9.13. The van der Waals surface area contributed by atoms with Crippen molar-refractivity contribution < 1.29 is 13.5 Å². The third-order valence-corrected chi connectivity index (χ3v) is 2.51. The molecule has 0 radical (unpaired) electrons. The number of ether oxygens (including phenoxy) is 1. The van der Waals surface area contributed by atoms with Gasteiger partial charge >= 0.3 is 0 Å². The van der Waals surface area contributed by atoms with Gasteiger partial charge in [-0.3, -0.25) is 0 Å². The second-order valence-electron chi connectivity index (χ2n) is 3.82. The van der Waals surface area contributed by atoms with E-state index in [1.165, 1.54) is 6.07 Å². The molecule has 3 nitrogen and oxygen atoms in total.